The minimum Gasteiger partial charge on any atom is -0.460 e. The second kappa shape index (κ2) is 17.3. The zero-order valence-electron chi connectivity index (χ0n) is 27.0. The van der Waals surface area contributed by atoms with Crippen LogP contribution >= 0.6 is 0 Å². The van der Waals surface area contributed by atoms with Gasteiger partial charge >= 0.3 is 5.97 Å². The Hall–Kier alpha value is -3.55. The Bertz CT molecular complexity index is 1170. The third kappa shape index (κ3) is 18.4. The van der Waals surface area contributed by atoms with Crippen molar-refractivity contribution < 1.29 is 9.53 Å². The molecule has 2 N–H and O–H groups in total. The van der Waals surface area contributed by atoms with Crippen molar-refractivity contribution in [3.8, 4) is 11.4 Å². The predicted molar refractivity (Wildman–Crippen MR) is 170 cm³/mol. The van der Waals surface area contributed by atoms with Crippen LogP contribution in [-0.2, 0) is 16.0 Å². The van der Waals surface area contributed by atoms with Crippen LogP contribution in [0.3, 0.4) is 0 Å². The van der Waals surface area contributed by atoms with Crippen LogP contribution in [0.25, 0.3) is 11.4 Å². The summed E-state index contributed by atoms with van der Waals surface area (Å²) in [6, 6.07) is 3.97. The molecule has 2 heterocycles. The van der Waals surface area contributed by atoms with Crippen LogP contribution in [0.1, 0.15) is 101 Å². The van der Waals surface area contributed by atoms with Gasteiger partial charge in [0, 0.05) is 41.8 Å². The van der Waals surface area contributed by atoms with Crippen molar-refractivity contribution in [1.82, 2.24) is 25.3 Å². The van der Waals surface area contributed by atoms with E-state index in [2.05, 4.69) is 83.9 Å². The summed E-state index contributed by atoms with van der Waals surface area (Å²) in [6.45, 7) is 25.0. The number of carbonyl (C=O) groups excluding carboxylic acids is 1. The van der Waals surface area contributed by atoms with Crippen LogP contribution in [0.5, 0.6) is 0 Å². The van der Waals surface area contributed by atoms with Crippen LogP contribution in [0.4, 0.5) is 5.95 Å². The Morgan fingerprint density at radius 1 is 1.10 bits per heavy atom. The molecule has 1 aliphatic carbocycles. The van der Waals surface area contributed by atoms with E-state index in [9.17, 15) is 4.79 Å². The molecule has 0 saturated heterocycles. The molecule has 3 rings (SSSR count). The molecule has 8 nitrogen and oxygen atoms in total. The maximum absolute atomic E-state index is 10.6. The molecule has 2 aromatic heterocycles. The number of pyridine rings is 1. The van der Waals surface area contributed by atoms with E-state index in [0.29, 0.717) is 23.6 Å². The number of aromatic nitrogens is 4. The summed E-state index contributed by atoms with van der Waals surface area (Å²) in [6.07, 6.45) is 12.1. The Kier molecular flexibility index (Phi) is 15.0. The fraction of sp³-hybridized carbons (Fsp3) is 0.545. The van der Waals surface area contributed by atoms with Crippen molar-refractivity contribution in [2.24, 2.45) is 5.41 Å². The monoisotopic (exact) mass is 564 g/mol. The zero-order chi connectivity index (χ0) is 31.1. The Balaban J connectivity index is 0.000000499. The summed E-state index contributed by atoms with van der Waals surface area (Å²) in [4.78, 5) is 28.2. The van der Waals surface area contributed by atoms with E-state index in [1.165, 1.54) is 5.57 Å². The molecule has 0 amide bonds. The van der Waals surface area contributed by atoms with Gasteiger partial charge in [-0.3, -0.25) is 9.78 Å². The van der Waals surface area contributed by atoms with Crippen LogP contribution in [0.15, 0.2) is 60.4 Å². The van der Waals surface area contributed by atoms with Crippen LogP contribution in [-0.4, -0.2) is 38.1 Å². The zero-order valence-corrected chi connectivity index (χ0v) is 27.0. The molecule has 226 valence electrons. The molecular weight excluding hydrogens is 512 g/mol. The second-order valence-corrected chi connectivity index (χ2v) is 12.7. The Morgan fingerprint density at radius 2 is 1.78 bits per heavy atom. The van der Waals surface area contributed by atoms with Gasteiger partial charge in [0.15, 0.2) is 5.82 Å². The van der Waals surface area contributed by atoms with Crippen molar-refractivity contribution >= 4 is 11.9 Å². The molecule has 0 fully saturated rings. The van der Waals surface area contributed by atoms with E-state index in [1.54, 1.807) is 13.3 Å². The molecule has 2 aromatic rings. The number of esters is 1. The van der Waals surface area contributed by atoms with Gasteiger partial charge in [-0.15, -0.1) is 0 Å². The van der Waals surface area contributed by atoms with E-state index < -0.39 is 0 Å². The fourth-order valence-electron chi connectivity index (χ4n) is 3.30. The van der Waals surface area contributed by atoms with Gasteiger partial charge < -0.3 is 15.4 Å². The van der Waals surface area contributed by atoms with Crippen LogP contribution in [0.2, 0.25) is 0 Å². The molecule has 8 heteroatoms. The highest BCUT2D eigenvalue weighted by molar-refractivity contribution is 5.69. The van der Waals surface area contributed by atoms with Crippen molar-refractivity contribution in [3.63, 3.8) is 0 Å². The minimum absolute atomic E-state index is 0.137. The Labute approximate surface area is 248 Å². The number of carbonyl (C=O) groups is 1. The molecule has 0 spiro atoms. The first-order valence-electron chi connectivity index (χ1n) is 14.5. The first-order chi connectivity index (χ1) is 19.1. The summed E-state index contributed by atoms with van der Waals surface area (Å²) in [5.41, 5.74) is 5.53. The van der Waals surface area contributed by atoms with E-state index >= 15 is 0 Å². The van der Waals surface area contributed by atoms with Gasteiger partial charge in [-0.2, -0.15) is 4.98 Å². The maximum Gasteiger partial charge on any atom is 0.306 e. The molecule has 41 heavy (non-hydrogen) atoms. The number of nitrogens with zero attached hydrogens (tertiary/aromatic N) is 4. The van der Waals surface area contributed by atoms with Gasteiger partial charge in [0.25, 0.3) is 0 Å². The molecule has 1 aliphatic rings. The summed E-state index contributed by atoms with van der Waals surface area (Å²) >= 11 is 0. The quantitative estimate of drug-likeness (QED) is 0.235. The lowest BCUT2D eigenvalue weighted by molar-refractivity contribution is -0.154. The number of nitrogens with one attached hydrogen (secondary N) is 2. The van der Waals surface area contributed by atoms with Gasteiger partial charge in [-0.1, -0.05) is 52.8 Å². The molecule has 0 saturated carbocycles. The average Bonchev–Trinajstić information content (AvgIpc) is 2.85. The molecule has 0 unspecified atom stereocenters. The highest BCUT2D eigenvalue weighted by Crippen LogP contribution is 2.20. The first kappa shape index (κ1) is 35.5. The number of allylic oxidation sites excluding steroid dienone is 4. The summed E-state index contributed by atoms with van der Waals surface area (Å²) < 4.78 is 4.95. The summed E-state index contributed by atoms with van der Waals surface area (Å²) in [7, 11) is 0. The maximum atomic E-state index is 10.6. The fourth-order valence-corrected chi connectivity index (χ4v) is 3.30. The van der Waals surface area contributed by atoms with Crippen LogP contribution < -0.4 is 10.6 Å². The van der Waals surface area contributed by atoms with Gasteiger partial charge in [0.05, 0.1) is 0 Å². The topological polar surface area (TPSA) is 102 Å². The highest BCUT2D eigenvalue weighted by Gasteiger charge is 2.14. The normalized spacial score (nSPS) is 12.8. The van der Waals surface area contributed by atoms with Crippen molar-refractivity contribution in [2.45, 2.75) is 107 Å². The van der Waals surface area contributed by atoms with Gasteiger partial charge in [0.2, 0.25) is 5.95 Å². The molecule has 0 bridgehead atoms. The summed E-state index contributed by atoms with van der Waals surface area (Å²) in [5, 5.41) is 6.52. The molecule has 0 aromatic carbocycles. The predicted octanol–water partition coefficient (Wildman–Crippen LogP) is 7.82. The van der Waals surface area contributed by atoms with Crippen molar-refractivity contribution in [2.75, 3.05) is 11.9 Å². The lowest BCUT2D eigenvalue weighted by Crippen LogP contribution is -2.23. The standard InChI is InChI=1S/C21H26N6.C7H14O2.C5H12/c1-15(2)22-10-5-8-18-13-17(9-11-23-18)20-24-14-25-21(27-20)26-19-7-4-6-16(3)12-19;1-5-6(8)9-7(2,3)4;1-5(2,3)4/h7,9,11-14,22H,1,4-6,8,10H2,2-3H3,(H,24,25,26,27);5H2,1-4H3;1-4H3. The minimum atomic E-state index is -0.326. The largest absolute Gasteiger partial charge is 0.460 e. The number of hydrogen-bond acceptors (Lipinski definition) is 8. The molecule has 0 atom stereocenters. The lowest BCUT2D eigenvalue weighted by atomic mass is 10.0. The van der Waals surface area contributed by atoms with E-state index in [-0.39, 0.29) is 11.6 Å². The third-order valence-electron chi connectivity index (χ3n) is 4.95. The van der Waals surface area contributed by atoms with Crippen LogP contribution in [0, 0.1) is 5.41 Å². The average molecular weight is 565 g/mol. The number of rotatable bonds is 9. The van der Waals surface area contributed by atoms with Gasteiger partial charge in [0.1, 0.15) is 11.9 Å². The summed E-state index contributed by atoms with van der Waals surface area (Å²) in [5.74, 6) is 1.07. The first-order valence-corrected chi connectivity index (χ1v) is 14.5. The lowest BCUT2D eigenvalue weighted by Gasteiger charge is -2.18. The highest BCUT2D eigenvalue weighted by atomic mass is 16.6. The Morgan fingerprint density at radius 3 is 2.34 bits per heavy atom. The molecule has 0 aliphatic heterocycles. The van der Waals surface area contributed by atoms with E-state index in [1.807, 2.05) is 46.0 Å². The molecule has 0 radical (unpaired) electrons. The van der Waals surface area contributed by atoms with Gasteiger partial charge in [-0.05, 0) is 83.9 Å². The number of ether oxygens (including phenoxy) is 1. The van der Waals surface area contributed by atoms with E-state index in [4.69, 9.17) is 4.74 Å². The van der Waals surface area contributed by atoms with Crippen molar-refractivity contribution in [1.29, 1.82) is 0 Å². The SMILES string of the molecule is C=C(C)NCCCc1cc(-c2ncnc(NC3=CCCC(C)=C3)n2)ccn1.CC(C)(C)C.CCC(=O)OC(C)(C)C. The number of anilines is 1. The number of aryl methyl sites for hydroxylation is 1. The third-order valence-corrected chi connectivity index (χ3v) is 4.95. The smallest absolute Gasteiger partial charge is 0.306 e. The molecular formula is C33H52N6O2. The number of hydrogen-bond donors (Lipinski definition) is 2. The second-order valence-electron chi connectivity index (χ2n) is 12.7. The van der Waals surface area contributed by atoms with E-state index in [0.717, 1.165) is 54.9 Å². The van der Waals surface area contributed by atoms with Gasteiger partial charge in [-0.25, -0.2) is 9.97 Å². The van der Waals surface area contributed by atoms with Crippen molar-refractivity contribution in [3.05, 3.63) is 66.0 Å².